The van der Waals surface area contributed by atoms with Gasteiger partial charge in [0.15, 0.2) is 0 Å². The molecule has 1 atom stereocenters. The Balaban J connectivity index is 1.89. The van der Waals surface area contributed by atoms with Crippen molar-refractivity contribution < 1.29 is 24.0 Å². The minimum absolute atomic E-state index is 0.173. The molecule has 124 valence electrons. The minimum atomic E-state index is -0.742. The van der Waals surface area contributed by atoms with Crippen LogP contribution in [0.3, 0.4) is 0 Å². The summed E-state index contributed by atoms with van der Waals surface area (Å²) in [5.74, 6) is -1.08. The molecule has 0 aromatic heterocycles. The predicted octanol–water partition coefficient (Wildman–Crippen LogP) is 1.99. The fourth-order valence-corrected chi connectivity index (χ4v) is 2.09. The number of amides is 3. The Bertz CT molecular complexity index is 606. The Kier molecular flexibility index (Phi) is 4.96. The smallest absolute Gasteiger partial charge is 0.408 e. The van der Waals surface area contributed by atoms with Gasteiger partial charge in [0.2, 0.25) is 0 Å². The fraction of sp³-hybridized carbons (Fsp3) is 0.400. The van der Waals surface area contributed by atoms with Crippen LogP contribution in [-0.4, -0.2) is 40.6 Å². The van der Waals surface area contributed by atoms with E-state index in [1.54, 1.807) is 45.0 Å². The molecular weight excluding hydrogens is 320 g/mol. The number of hydrogen-bond donors (Lipinski definition) is 2. The Morgan fingerprint density at radius 2 is 1.74 bits per heavy atom. The van der Waals surface area contributed by atoms with Gasteiger partial charge in [-0.3, -0.25) is 14.4 Å². The highest BCUT2D eigenvalue weighted by atomic mass is 32.1. The summed E-state index contributed by atoms with van der Waals surface area (Å²) in [6.07, 6.45) is -0.663. The maximum absolute atomic E-state index is 12.1. The van der Waals surface area contributed by atoms with Gasteiger partial charge in [0, 0.05) is 0 Å². The summed E-state index contributed by atoms with van der Waals surface area (Å²) in [4.78, 5) is 40.9. The van der Waals surface area contributed by atoms with Gasteiger partial charge in [-0.05, 0) is 32.9 Å². The lowest BCUT2D eigenvalue weighted by molar-refractivity contribution is -0.0918. The number of imide groups is 1. The van der Waals surface area contributed by atoms with Crippen LogP contribution in [0.5, 0.6) is 0 Å². The van der Waals surface area contributed by atoms with Crippen molar-refractivity contribution in [3.63, 3.8) is 0 Å². The van der Waals surface area contributed by atoms with E-state index >= 15 is 0 Å². The standard InChI is InChI=1S/C15H18N2O5S/c1-15(2,3)22-14(20)16-11(23)8-21-17-12(18)9-6-4-5-7-10(9)13(17)19/h4-7,11,23H,8H2,1-3H3,(H,16,20). The summed E-state index contributed by atoms with van der Waals surface area (Å²) in [5.41, 5.74) is -0.0670. The molecule has 0 saturated heterocycles. The second-order valence-corrected chi connectivity index (χ2v) is 6.53. The van der Waals surface area contributed by atoms with E-state index in [9.17, 15) is 14.4 Å². The number of alkyl carbamates (subject to hydrolysis) is 1. The molecule has 1 aromatic carbocycles. The zero-order chi connectivity index (χ0) is 17.2. The normalized spacial score (nSPS) is 15.4. The first kappa shape index (κ1) is 17.3. The van der Waals surface area contributed by atoms with Crippen molar-refractivity contribution in [3.05, 3.63) is 35.4 Å². The van der Waals surface area contributed by atoms with Gasteiger partial charge in [0.25, 0.3) is 11.8 Å². The fourth-order valence-electron chi connectivity index (χ4n) is 1.91. The lowest BCUT2D eigenvalue weighted by Crippen LogP contribution is -2.41. The molecule has 8 heteroatoms. The lowest BCUT2D eigenvalue weighted by atomic mass is 10.1. The van der Waals surface area contributed by atoms with Gasteiger partial charge in [0.1, 0.15) is 17.6 Å². The number of hydroxylamine groups is 2. The van der Waals surface area contributed by atoms with Crippen LogP contribution < -0.4 is 5.32 Å². The van der Waals surface area contributed by atoms with Crippen molar-refractivity contribution in [1.82, 2.24) is 10.4 Å². The van der Waals surface area contributed by atoms with Gasteiger partial charge in [-0.1, -0.05) is 12.1 Å². The summed E-state index contributed by atoms with van der Waals surface area (Å²) in [6, 6.07) is 6.43. The van der Waals surface area contributed by atoms with Crippen LogP contribution in [0.25, 0.3) is 0 Å². The molecule has 0 spiro atoms. The van der Waals surface area contributed by atoms with Gasteiger partial charge >= 0.3 is 6.09 Å². The number of benzene rings is 1. The molecule has 1 aliphatic rings. The van der Waals surface area contributed by atoms with E-state index in [1.807, 2.05) is 0 Å². The van der Waals surface area contributed by atoms with Gasteiger partial charge in [-0.25, -0.2) is 4.79 Å². The number of nitrogens with zero attached hydrogens (tertiary/aromatic N) is 1. The van der Waals surface area contributed by atoms with Crippen molar-refractivity contribution in [2.75, 3.05) is 6.61 Å². The molecule has 0 fully saturated rings. The number of rotatable bonds is 4. The Labute approximate surface area is 139 Å². The third-order valence-electron chi connectivity index (χ3n) is 2.80. The first-order chi connectivity index (χ1) is 10.7. The molecule has 3 amide bonds. The van der Waals surface area contributed by atoms with Crippen LogP contribution >= 0.6 is 12.6 Å². The Morgan fingerprint density at radius 1 is 1.22 bits per heavy atom. The van der Waals surface area contributed by atoms with E-state index in [0.29, 0.717) is 5.06 Å². The SMILES string of the molecule is CC(C)(C)OC(=O)NC(S)CON1C(=O)c2ccccc2C1=O. The lowest BCUT2D eigenvalue weighted by Gasteiger charge is -2.22. The summed E-state index contributed by atoms with van der Waals surface area (Å²) >= 11 is 4.13. The van der Waals surface area contributed by atoms with E-state index in [1.165, 1.54) is 0 Å². The van der Waals surface area contributed by atoms with E-state index < -0.39 is 28.9 Å². The highest BCUT2D eigenvalue weighted by Crippen LogP contribution is 2.22. The van der Waals surface area contributed by atoms with Crippen LogP contribution in [0.2, 0.25) is 0 Å². The minimum Gasteiger partial charge on any atom is -0.444 e. The van der Waals surface area contributed by atoms with Crippen LogP contribution in [0, 0.1) is 0 Å². The molecule has 7 nitrogen and oxygen atoms in total. The molecule has 1 aromatic rings. The Morgan fingerprint density at radius 3 is 2.22 bits per heavy atom. The second-order valence-electron chi connectivity index (χ2n) is 5.91. The topological polar surface area (TPSA) is 84.9 Å². The first-order valence-electron chi connectivity index (χ1n) is 6.97. The van der Waals surface area contributed by atoms with E-state index in [4.69, 9.17) is 9.57 Å². The van der Waals surface area contributed by atoms with E-state index in [0.717, 1.165) is 0 Å². The van der Waals surface area contributed by atoms with Crippen LogP contribution in [0.15, 0.2) is 24.3 Å². The monoisotopic (exact) mass is 338 g/mol. The maximum atomic E-state index is 12.1. The summed E-state index contributed by atoms with van der Waals surface area (Å²) < 4.78 is 5.07. The number of nitrogens with one attached hydrogen (secondary N) is 1. The number of thiol groups is 1. The predicted molar refractivity (Wildman–Crippen MR) is 85.0 cm³/mol. The molecule has 1 heterocycles. The van der Waals surface area contributed by atoms with Crippen molar-refractivity contribution in [2.45, 2.75) is 31.7 Å². The van der Waals surface area contributed by atoms with Gasteiger partial charge in [-0.15, -0.1) is 5.06 Å². The van der Waals surface area contributed by atoms with Gasteiger partial charge in [0.05, 0.1) is 11.1 Å². The van der Waals surface area contributed by atoms with Crippen molar-refractivity contribution in [3.8, 4) is 0 Å². The number of hydrogen-bond acceptors (Lipinski definition) is 6. The molecule has 2 rings (SSSR count). The van der Waals surface area contributed by atoms with Crippen molar-refractivity contribution in [2.24, 2.45) is 0 Å². The van der Waals surface area contributed by atoms with E-state index in [-0.39, 0.29) is 17.7 Å². The van der Waals surface area contributed by atoms with Crippen LogP contribution in [0.1, 0.15) is 41.5 Å². The second kappa shape index (κ2) is 6.59. The van der Waals surface area contributed by atoms with E-state index in [2.05, 4.69) is 17.9 Å². The molecule has 0 bridgehead atoms. The average molecular weight is 338 g/mol. The van der Waals surface area contributed by atoms with Crippen molar-refractivity contribution in [1.29, 1.82) is 0 Å². The number of fused-ring (bicyclic) bond motifs is 1. The molecule has 1 N–H and O–H groups in total. The zero-order valence-corrected chi connectivity index (χ0v) is 13.9. The summed E-state index contributed by atoms with van der Waals surface area (Å²) in [7, 11) is 0. The largest absolute Gasteiger partial charge is 0.444 e. The number of ether oxygens (including phenoxy) is 1. The zero-order valence-electron chi connectivity index (χ0n) is 13.0. The number of carbonyl (C=O) groups is 3. The Hall–Kier alpha value is -2.06. The molecule has 23 heavy (non-hydrogen) atoms. The quantitative estimate of drug-likeness (QED) is 0.498. The van der Waals surface area contributed by atoms with Crippen LogP contribution in [-0.2, 0) is 9.57 Å². The molecular formula is C15H18N2O5S. The van der Waals surface area contributed by atoms with Crippen LogP contribution in [0.4, 0.5) is 4.79 Å². The van der Waals surface area contributed by atoms with Gasteiger partial charge in [-0.2, -0.15) is 12.6 Å². The summed E-state index contributed by atoms with van der Waals surface area (Å²) in [6.45, 7) is 5.02. The third-order valence-corrected chi connectivity index (χ3v) is 3.08. The average Bonchev–Trinajstić information content (AvgIpc) is 2.67. The molecule has 0 radical (unpaired) electrons. The van der Waals surface area contributed by atoms with Crippen molar-refractivity contribution >= 4 is 30.5 Å². The summed E-state index contributed by atoms with van der Waals surface area (Å²) in [5, 5.41) is 2.37. The maximum Gasteiger partial charge on any atom is 0.408 e. The molecule has 0 saturated carbocycles. The molecule has 1 unspecified atom stereocenters. The molecule has 1 aliphatic heterocycles. The van der Waals surface area contributed by atoms with Gasteiger partial charge < -0.3 is 10.1 Å². The first-order valence-corrected chi connectivity index (χ1v) is 7.49. The highest BCUT2D eigenvalue weighted by molar-refractivity contribution is 7.80. The third kappa shape index (κ3) is 4.23. The highest BCUT2D eigenvalue weighted by Gasteiger charge is 2.36. The molecule has 0 aliphatic carbocycles. The number of carbonyl (C=O) groups excluding carboxylic acids is 3.